The van der Waals surface area contributed by atoms with Crippen molar-refractivity contribution in [2.45, 2.75) is 26.2 Å². The van der Waals surface area contributed by atoms with Crippen LogP contribution in [0.5, 0.6) is 0 Å². The van der Waals surface area contributed by atoms with Crippen molar-refractivity contribution in [3.63, 3.8) is 0 Å². The first kappa shape index (κ1) is 17.4. The van der Waals surface area contributed by atoms with Gasteiger partial charge in [-0.3, -0.25) is 0 Å². The minimum absolute atomic E-state index is 1.12. The Hall–Kier alpha value is -0.406. The number of benzene rings is 2. The molecule has 1 aliphatic rings. The summed E-state index contributed by atoms with van der Waals surface area (Å²) >= 11 is 7.26. The Morgan fingerprint density at radius 1 is 0.783 bits per heavy atom. The van der Waals surface area contributed by atoms with Crippen LogP contribution in [0.15, 0.2) is 45.3 Å². The van der Waals surface area contributed by atoms with Crippen molar-refractivity contribution in [1.82, 2.24) is 0 Å². The van der Waals surface area contributed by atoms with Gasteiger partial charge in [-0.25, -0.2) is 0 Å². The summed E-state index contributed by atoms with van der Waals surface area (Å²) in [5.74, 6) is 0. The smallest absolute Gasteiger partial charge is 0.208 e. The normalized spacial score (nSPS) is 18.7. The lowest BCUT2D eigenvalue weighted by molar-refractivity contribution is 0.572. The summed E-state index contributed by atoms with van der Waals surface area (Å²) in [5.41, 5.74) is 2.50. The van der Waals surface area contributed by atoms with Crippen molar-refractivity contribution in [2.75, 3.05) is 11.9 Å². The first-order valence-corrected chi connectivity index (χ1v) is 15.1. The van der Waals surface area contributed by atoms with Gasteiger partial charge in [-0.2, -0.15) is 0 Å². The van der Waals surface area contributed by atoms with Gasteiger partial charge in [0.25, 0.3) is 0 Å². The van der Waals surface area contributed by atoms with E-state index in [0.29, 0.717) is 0 Å². The average Bonchev–Trinajstić information content (AvgIpc) is 2.44. The van der Waals surface area contributed by atoms with Crippen LogP contribution in [-0.2, 0) is 4.12 Å². The van der Waals surface area contributed by atoms with Gasteiger partial charge >= 0.3 is 0 Å². The van der Waals surface area contributed by atoms with Crippen molar-refractivity contribution >= 4 is 70.2 Å². The van der Waals surface area contributed by atoms with E-state index in [1.54, 1.807) is 0 Å². The van der Waals surface area contributed by atoms with Crippen LogP contribution in [0.25, 0.3) is 0 Å². The van der Waals surface area contributed by atoms with E-state index in [9.17, 15) is 0 Å². The molecule has 0 aromatic heterocycles. The summed E-state index contributed by atoms with van der Waals surface area (Å²) in [6.07, 6.45) is 0. The fraction of sp³-hybridized carbons (Fsp3) is 0.294. The zero-order chi connectivity index (χ0) is 17.0. The van der Waals surface area contributed by atoms with Crippen LogP contribution in [0.3, 0.4) is 0 Å². The number of hydrogen-bond donors (Lipinski definition) is 0. The quantitative estimate of drug-likeness (QED) is 0.511. The number of halogens is 2. The third kappa shape index (κ3) is 3.11. The van der Waals surface area contributed by atoms with Gasteiger partial charge in [-0.15, -0.1) is 0 Å². The Bertz CT molecular complexity index is 714. The second kappa shape index (κ2) is 5.84. The SMILES string of the molecule is CN1c2ccc(Br)cc2[Si](C)(C)O[Si](C)(C)c2cc(Br)ccc21. The molecule has 0 fully saturated rings. The summed E-state index contributed by atoms with van der Waals surface area (Å²) in [6, 6.07) is 13.1. The molecule has 0 spiro atoms. The molecule has 0 aliphatic carbocycles. The van der Waals surface area contributed by atoms with Gasteiger partial charge in [0, 0.05) is 27.4 Å². The maximum atomic E-state index is 6.89. The monoisotopic (exact) mass is 469 g/mol. The van der Waals surface area contributed by atoms with Gasteiger partial charge in [-0.05, 0) is 73.0 Å². The molecular weight excluding hydrogens is 450 g/mol. The van der Waals surface area contributed by atoms with Crippen LogP contribution >= 0.6 is 31.9 Å². The van der Waals surface area contributed by atoms with Gasteiger partial charge < -0.3 is 9.02 Å². The summed E-state index contributed by atoms with van der Waals surface area (Å²) in [5, 5.41) is 2.70. The second-order valence-corrected chi connectivity index (χ2v) is 16.8. The number of nitrogens with zero attached hydrogens (tertiary/aromatic N) is 1. The van der Waals surface area contributed by atoms with E-state index < -0.39 is 16.6 Å². The van der Waals surface area contributed by atoms with Crippen molar-refractivity contribution in [1.29, 1.82) is 0 Å². The van der Waals surface area contributed by atoms with E-state index in [-0.39, 0.29) is 0 Å². The summed E-state index contributed by atoms with van der Waals surface area (Å²) in [6.45, 7) is 9.24. The molecule has 1 heterocycles. The van der Waals surface area contributed by atoms with E-state index in [1.807, 2.05) is 0 Å². The van der Waals surface area contributed by atoms with Crippen LogP contribution < -0.4 is 15.3 Å². The molecule has 6 heteroatoms. The summed E-state index contributed by atoms with van der Waals surface area (Å²) in [7, 11) is -1.86. The lowest BCUT2D eigenvalue weighted by Gasteiger charge is -2.41. The Kier molecular flexibility index (Phi) is 4.42. The van der Waals surface area contributed by atoms with Crippen molar-refractivity contribution in [2.24, 2.45) is 0 Å². The van der Waals surface area contributed by atoms with E-state index in [4.69, 9.17) is 4.12 Å². The standard InChI is InChI=1S/C17H21Br2NOSi2/c1-20-14-8-6-12(18)10-16(14)22(2,3)21-23(4,5)17-11-13(19)7-9-15(17)20/h6-11H,1-5H3. The van der Waals surface area contributed by atoms with Gasteiger partial charge in [0.1, 0.15) is 0 Å². The Morgan fingerprint density at radius 2 is 1.17 bits per heavy atom. The molecule has 122 valence electrons. The molecule has 0 N–H and O–H groups in total. The molecule has 1 aliphatic heterocycles. The maximum Gasteiger partial charge on any atom is 0.208 e. The maximum absolute atomic E-state index is 6.89. The molecule has 0 amide bonds. The fourth-order valence-electron chi connectivity index (χ4n) is 3.44. The van der Waals surface area contributed by atoms with Crippen LogP contribution in [0, 0.1) is 0 Å². The van der Waals surface area contributed by atoms with Crippen molar-refractivity contribution in [3.8, 4) is 0 Å². The number of rotatable bonds is 0. The molecule has 0 saturated carbocycles. The predicted molar refractivity (Wildman–Crippen MR) is 112 cm³/mol. The molecule has 0 bridgehead atoms. The number of hydrogen-bond acceptors (Lipinski definition) is 2. The molecule has 0 atom stereocenters. The lowest BCUT2D eigenvalue weighted by atomic mass is 10.2. The highest BCUT2D eigenvalue weighted by Crippen LogP contribution is 2.32. The molecule has 0 unspecified atom stereocenters. The second-order valence-electron chi connectivity index (χ2n) is 7.00. The molecule has 3 rings (SSSR count). The summed E-state index contributed by atoms with van der Waals surface area (Å²) in [4.78, 5) is 2.33. The highest BCUT2D eigenvalue weighted by Gasteiger charge is 2.41. The first-order chi connectivity index (χ1) is 10.6. The fourth-order valence-corrected chi connectivity index (χ4v) is 13.3. The minimum atomic E-state index is -2.01. The van der Waals surface area contributed by atoms with Crippen LogP contribution in [0.1, 0.15) is 0 Å². The number of anilines is 2. The molecule has 2 aromatic rings. The average molecular weight is 471 g/mol. The largest absolute Gasteiger partial charge is 0.449 e. The van der Waals surface area contributed by atoms with E-state index in [2.05, 4.69) is 106 Å². The first-order valence-electron chi connectivity index (χ1n) is 7.66. The third-order valence-corrected chi connectivity index (χ3v) is 12.9. The third-order valence-electron chi connectivity index (χ3n) is 4.45. The van der Waals surface area contributed by atoms with Crippen molar-refractivity contribution < 1.29 is 4.12 Å². The lowest BCUT2D eigenvalue weighted by Crippen LogP contribution is -2.60. The highest BCUT2D eigenvalue weighted by molar-refractivity contribution is 9.10. The van der Waals surface area contributed by atoms with Crippen molar-refractivity contribution in [3.05, 3.63) is 45.3 Å². The summed E-state index contributed by atoms with van der Waals surface area (Å²) < 4.78 is 9.12. The van der Waals surface area contributed by atoms with Crippen LogP contribution in [0.2, 0.25) is 26.2 Å². The topological polar surface area (TPSA) is 12.5 Å². The molecule has 23 heavy (non-hydrogen) atoms. The highest BCUT2D eigenvalue weighted by atomic mass is 79.9. The molecule has 0 radical (unpaired) electrons. The number of fused-ring (bicyclic) bond motifs is 2. The van der Waals surface area contributed by atoms with E-state index in [0.717, 1.165) is 8.95 Å². The molecule has 2 nitrogen and oxygen atoms in total. The zero-order valence-electron chi connectivity index (χ0n) is 14.1. The van der Waals surface area contributed by atoms with Crippen LogP contribution in [0.4, 0.5) is 11.4 Å². The Labute approximate surface area is 157 Å². The van der Waals surface area contributed by atoms with Gasteiger partial charge in [0.2, 0.25) is 16.6 Å². The van der Waals surface area contributed by atoms with Gasteiger partial charge in [0.05, 0.1) is 0 Å². The Morgan fingerprint density at radius 3 is 1.57 bits per heavy atom. The predicted octanol–water partition coefficient (Wildman–Crippen LogP) is 4.83. The molecule has 2 aromatic carbocycles. The molecular formula is C17H21Br2NOSi2. The van der Waals surface area contributed by atoms with Gasteiger partial charge in [-0.1, -0.05) is 31.9 Å². The van der Waals surface area contributed by atoms with E-state index >= 15 is 0 Å². The zero-order valence-corrected chi connectivity index (χ0v) is 19.2. The van der Waals surface area contributed by atoms with E-state index in [1.165, 1.54) is 21.7 Å². The van der Waals surface area contributed by atoms with Crippen LogP contribution in [-0.4, -0.2) is 23.7 Å². The Balaban J connectivity index is 2.33. The van der Waals surface area contributed by atoms with Gasteiger partial charge in [0.15, 0.2) is 0 Å². The molecule has 0 saturated heterocycles. The minimum Gasteiger partial charge on any atom is -0.449 e.